The second-order valence-corrected chi connectivity index (χ2v) is 17.5. The molecule has 0 aromatic rings. The van der Waals surface area contributed by atoms with Crippen LogP contribution in [-0.4, -0.2) is 81.8 Å². The number of ether oxygens (including phenoxy) is 4. The van der Waals surface area contributed by atoms with Gasteiger partial charge in [0.2, 0.25) is 0 Å². The van der Waals surface area contributed by atoms with E-state index in [9.17, 15) is 20.4 Å². The molecule has 4 N–H and O–H groups in total. The van der Waals surface area contributed by atoms with Crippen LogP contribution in [0, 0.1) is 50.7 Å². The molecule has 0 aromatic heterocycles. The van der Waals surface area contributed by atoms with E-state index in [2.05, 4.69) is 41.2 Å². The third-order valence-corrected chi connectivity index (χ3v) is 15.7. The Kier molecular flexibility index (Phi) is 6.14. The number of aliphatic hydroxyl groups excluding tert-OH is 4. The van der Waals surface area contributed by atoms with E-state index >= 15 is 0 Å². The quantitative estimate of drug-likeness (QED) is 0.284. The second kappa shape index (κ2) is 8.85. The van der Waals surface area contributed by atoms with Crippen molar-refractivity contribution in [3.8, 4) is 0 Å². The van der Waals surface area contributed by atoms with Crippen molar-refractivity contribution in [2.45, 2.75) is 148 Å². The molecule has 17 atom stereocenters. The molecular weight excluding hydrogens is 548 g/mol. The lowest BCUT2D eigenvalue weighted by Crippen LogP contribution is -2.61. The molecule has 2 bridgehead atoms. The van der Waals surface area contributed by atoms with Crippen molar-refractivity contribution in [1.29, 1.82) is 0 Å². The standard InChI is InChI=1S/C35H54O8/c1-17(2)26-20-14-18(3)27-31(6)12-13-34-16-33(34)11-10-23(41-28-25(38)24(37)19(36)15-40-28)30(4,5)21(33)8-9-22(34)32(31,7)29(39)35(27,42-20)43-26/h18-29,36-39H,1,8-16H2,2-7H3/t18-,19-,20+,21+,22+,23+,24+,25-,26+,27-,28+,29-,31-,32-,33-,34+,35+/m1/s1. The van der Waals surface area contributed by atoms with Gasteiger partial charge in [0.25, 0.3) is 0 Å². The van der Waals surface area contributed by atoms with E-state index in [4.69, 9.17) is 18.9 Å². The van der Waals surface area contributed by atoms with E-state index in [0.717, 1.165) is 44.1 Å². The maximum atomic E-state index is 12.6. The summed E-state index contributed by atoms with van der Waals surface area (Å²) in [5, 5.41) is 43.4. The summed E-state index contributed by atoms with van der Waals surface area (Å²) in [5.41, 5.74) is 0.877. The lowest BCUT2D eigenvalue weighted by molar-refractivity contribution is -0.303. The number of hydrogen-bond acceptors (Lipinski definition) is 8. The molecule has 8 fully saturated rings. The molecule has 0 amide bonds. The zero-order chi connectivity index (χ0) is 30.7. The summed E-state index contributed by atoms with van der Waals surface area (Å²) >= 11 is 0. The lowest BCUT2D eigenvalue weighted by atomic mass is 9.41. The molecule has 3 spiro atoms. The van der Waals surface area contributed by atoms with Crippen LogP contribution in [0.15, 0.2) is 12.2 Å². The van der Waals surface area contributed by atoms with Crippen molar-refractivity contribution in [3.05, 3.63) is 12.2 Å². The van der Waals surface area contributed by atoms with Gasteiger partial charge in [0.1, 0.15) is 30.5 Å². The predicted octanol–water partition coefficient (Wildman–Crippen LogP) is 3.93. The van der Waals surface area contributed by atoms with E-state index in [1.54, 1.807) is 0 Å². The summed E-state index contributed by atoms with van der Waals surface area (Å²) in [7, 11) is 0. The number of aliphatic hydroxyl groups is 4. The summed E-state index contributed by atoms with van der Waals surface area (Å²) in [6, 6.07) is 0. The maximum Gasteiger partial charge on any atom is 0.199 e. The molecule has 0 unspecified atom stereocenters. The smallest absolute Gasteiger partial charge is 0.199 e. The highest BCUT2D eigenvalue weighted by Crippen LogP contribution is 2.90. The van der Waals surface area contributed by atoms with Gasteiger partial charge < -0.3 is 39.4 Å². The zero-order valence-electron chi connectivity index (χ0n) is 26.9. The van der Waals surface area contributed by atoms with Gasteiger partial charge >= 0.3 is 0 Å². The molecule has 3 aliphatic heterocycles. The van der Waals surface area contributed by atoms with Gasteiger partial charge in [0.05, 0.1) is 18.8 Å². The topological polar surface area (TPSA) is 118 Å². The van der Waals surface area contributed by atoms with Crippen LogP contribution < -0.4 is 0 Å². The Morgan fingerprint density at radius 1 is 0.884 bits per heavy atom. The van der Waals surface area contributed by atoms with Crippen LogP contribution in [0.1, 0.15) is 92.9 Å². The van der Waals surface area contributed by atoms with Crippen LogP contribution in [0.2, 0.25) is 0 Å². The fourth-order valence-corrected chi connectivity index (χ4v) is 13.8. The van der Waals surface area contributed by atoms with Crippen LogP contribution >= 0.6 is 0 Å². The molecule has 5 saturated carbocycles. The molecule has 8 aliphatic rings. The van der Waals surface area contributed by atoms with Gasteiger partial charge in [-0.3, -0.25) is 0 Å². The molecule has 0 aromatic carbocycles. The first-order valence-electron chi connectivity index (χ1n) is 17.1. The normalized spacial score (nSPS) is 62.8. The SMILES string of the molecule is C=C(C)[C@@H]1O[C@@]23O[C@H]1C[C@@H](C)[C@@H]2[C@@]1(C)CC[C@@]24C[C@@]25CC[C@H](O[C@@H]2OC[C@@H](O)[C@H](O)[C@H]2O)C(C)(C)[C@@H]5CC[C@H]4[C@]1(C)[C@H]3O. The van der Waals surface area contributed by atoms with Crippen LogP contribution in [0.3, 0.4) is 0 Å². The van der Waals surface area contributed by atoms with Crippen LogP contribution in [0.5, 0.6) is 0 Å². The van der Waals surface area contributed by atoms with E-state index < -0.39 is 36.5 Å². The first-order chi connectivity index (χ1) is 20.1. The average Bonchev–Trinajstić information content (AvgIpc) is 3.46. The fourth-order valence-electron chi connectivity index (χ4n) is 13.8. The zero-order valence-corrected chi connectivity index (χ0v) is 26.9. The van der Waals surface area contributed by atoms with Crippen LogP contribution in [0.4, 0.5) is 0 Å². The third kappa shape index (κ3) is 3.26. The Hall–Kier alpha value is -0.580. The number of hydrogen-bond donors (Lipinski definition) is 4. The summed E-state index contributed by atoms with van der Waals surface area (Å²) in [6.07, 6.45) is 2.97. The van der Waals surface area contributed by atoms with Gasteiger partial charge in [-0.1, -0.05) is 41.2 Å². The van der Waals surface area contributed by atoms with Crippen molar-refractivity contribution in [1.82, 2.24) is 0 Å². The first-order valence-corrected chi connectivity index (χ1v) is 17.1. The van der Waals surface area contributed by atoms with E-state index in [0.29, 0.717) is 17.8 Å². The van der Waals surface area contributed by atoms with Crippen LogP contribution in [0.25, 0.3) is 0 Å². The lowest BCUT2D eigenvalue weighted by Gasteiger charge is -2.63. The summed E-state index contributed by atoms with van der Waals surface area (Å²) in [4.78, 5) is 0. The Bertz CT molecular complexity index is 1210. The Morgan fingerprint density at radius 2 is 1.58 bits per heavy atom. The fraction of sp³-hybridized carbons (Fsp3) is 0.943. The Labute approximate surface area is 256 Å². The average molecular weight is 603 g/mol. The molecule has 5 aliphatic carbocycles. The molecular formula is C35H54O8. The van der Waals surface area contributed by atoms with Gasteiger partial charge in [-0.05, 0) is 103 Å². The minimum atomic E-state index is -1.27. The van der Waals surface area contributed by atoms with E-state index in [1.165, 1.54) is 12.8 Å². The van der Waals surface area contributed by atoms with E-state index in [-0.39, 0.29) is 57.9 Å². The molecule has 8 rings (SSSR count). The first kappa shape index (κ1) is 29.8. The minimum Gasteiger partial charge on any atom is -0.388 e. The summed E-state index contributed by atoms with van der Waals surface area (Å²) in [6.45, 7) is 18.1. The summed E-state index contributed by atoms with van der Waals surface area (Å²) < 4.78 is 25.9. The predicted molar refractivity (Wildman–Crippen MR) is 157 cm³/mol. The van der Waals surface area contributed by atoms with Crippen molar-refractivity contribution in [2.24, 2.45) is 50.7 Å². The van der Waals surface area contributed by atoms with Crippen molar-refractivity contribution in [2.75, 3.05) is 6.61 Å². The molecule has 8 nitrogen and oxygen atoms in total. The second-order valence-electron chi connectivity index (χ2n) is 17.5. The van der Waals surface area contributed by atoms with Crippen molar-refractivity contribution in [3.63, 3.8) is 0 Å². The number of fused-ring (bicyclic) bond motifs is 4. The Balaban J connectivity index is 1.10. The molecule has 8 heteroatoms. The third-order valence-electron chi connectivity index (χ3n) is 15.7. The van der Waals surface area contributed by atoms with Gasteiger partial charge in [0.15, 0.2) is 12.1 Å². The van der Waals surface area contributed by atoms with Gasteiger partial charge in [-0.25, -0.2) is 0 Å². The minimum absolute atomic E-state index is 0.0326. The maximum absolute atomic E-state index is 12.6. The van der Waals surface area contributed by atoms with Gasteiger partial charge in [-0.2, -0.15) is 0 Å². The van der Waals surface area contributed by atoms with E-state index in [1.807, 2.05) is 6.92 Å². The monoisotopic (exact) mass is 602 g/mol. The number of rotatable bonds is 3. The van der Waals surface area contributed by atoms with Gasteiger partial charge in [0, 0.05) is 11.3 Å². The highest BCUT2D eigenvalue weighted by atomic mass is 16.8. The Morgan fingerprint density at radius 3 is 2.30 bits per heavy atom. The van der Waals surface area contributed by atoms with Gasteiger partial charge in [-0.15, -0.1) is 0 Å². The van der Waals surface area contributed by atoms with Crippen molar-refractivity contribution >= 4 is 0 Å². The highest BCUT2D eigenvalue weighted by Gasteiger charge is 2.88. The van der Waals surface area contributed by atoms with Crippen LogP contribution in [-0.2, 0) is 18.9 Å². The summed E-state index contributed by atoms with van der Waals surface area (Å²) in [5.74, 6) is 0.477. The largest absolute Gasteiger partial charge is 0.388 e. The molecule has 3 saturated heterocycles. The molecule has 3 heterocycles. The van der Waals surface area contributed by atoms with Crippen molar-refractivity contribution < 1.29 is 39.4 Å². The molecule has 0 radical (unpaired) electrons. The molecule has 242 valence electrons. The highest BCUT2D eigenvalue weighted by molar-refractivity contribution is 5.34. The molecule has 43 heavy (non-hydrogen) atoms.